The number of para-hydroxylation sites is 1. The molecule has 2 aromatic rings. The molecular weight excluding hydrogens is 638 g/mol. The van der Waals surface area contributed by atoms with E-state index in [9.17, 15) is 14.4 Å². The minimum atomic E-state index is -1.10. The average Bonchev–Trinajstić information content (AvgIpc) is 3.13. The summed E-state index contributed by atoms with van der Waals surface area (Å²) in [6, 6.07) is 7.44. The SMILES string of the molecule is CC(=O)N(CCCN=CC(CNc1nc(NC2CCN(C(=O)CC[C@H](N)C(=O)O)CC2)c2ccccc2n1)=NN)CCCNC1CCCCC1. The summed E-state index contributed by atoms with van der Waals surface area (Å²) < 4.78 is 0. The summed E-state index contributed by atoms with van der Waals surface area (Å²) in [5.41, 5.74) is 6.87. The molecular formula is C35H55N11O4. The third kappa shape index (κ3) is 12.5. The van der Waals surface area contributed by atoms with Crippen molar-refractivity contribution < 1.29 is 19.5 Å². The Morgan fingerprint density at radius 1 is 1.06 bits per heavy atom. The van der Waals surface area contributed by atoms with E-state index in [4.69, 9.17) is 21.7 Å². The Kier molecular flexibility index (Phi) is 15.6. The number of amides is 2. The molecule has 274 valence electrons. The van der Waals surface area contributed by atoms with Gasteiger partial charge in [-0.2, -0.15) is 10.1 Å². The largest absolute Gasteiger partial charge is 0.480 e. The van der Waals surface area contributed by atoms with Crippen LogP contribution in [0.2, 0.25) is 0 Å². The van der Waals surface area contributed by atoms with Crippen LogP contribution < -0.4 is 27.5 Å². The smallest absolute Gasteiger partial charge is 0.320 e. The van der Waals surface area contributed by atoms with E-state index in [0.717, 1.165) is 49.7 Å². The Labute approximate surface area is 294 Å². The van der Waals surface area contributed by atoms with E-state index >= 15 is 0 Å². The lowest BCUT2D eigenvalue weighted by Gasteiger charge is -2.33. The Morgan fingerprint density at radius 2 is 1.80 bits per heavy atom. The maximum absolute atomic E-state index is 12.6. The van der Waals surface area contributed by atoms with Crippen LogP contribution in [0.15, 0.2) is 34.4 Å². The Hall–Kier alpha value is -4.37. The number of rotatable bonds is 19. The van der Waals surface area contributed by atoms with Crippen LogP contribution in [-0.2, 0) is 14.4 Å². The molecule has 50 heavy (non-hydrogen) atoms. The maximum atomic E-state index is 12.6. The first kappa shape index (κ1) is 38.4. The summed E-state index contributed by atoms with van der Waals surface area (Å²) in [6.45, 7) is 5.90. The van der Waals surface area contributed by atoms with E-state index in [1.807, 2.05) is 29.2 Å². The van der Waals surface area contributed by atoms with E-state index in [1.54, 1.807) is 18.0 Å². The molecule has 2 heterocycles. The first-order valence-corrected chi connectivity index (χ1v) is 18.0. The molecule has 8 N–H and O–H groups in total. The van der Waals surface area contributed by atoms with Crippen molar-refractivity contribution in [3.63, 3.8) is 0 Å². The Morgan fingerprint density at radius 3 is 2.52 bits per heavy atom. The predicted molar refractivity (Wildman–Crippen MR) is 197 cm³/mol. The van der Waals surface area contributed by atoms with Gasteiger partial charge in [0.2, 0.25) is 17.8 Å². The molecule has 1 aromatic carbocycles. The standard InChI is InChI=1S/C35H55N11O4/c1-25(47)45(20-8-18-39-26-9-3-2-4-10-26)19-7-17-38-23-28(44-37)24-40-35-42-31-12-6-5-11-29(31)33(43-35)41-27-15-21-46(22-16-27)32(48)14-13-30(36)34(49)50/h5-6,11-12,23,26-27,30,39H,2-4,7-10,13-22,24,36-37H2,1H3,(H,49,50)(H2,40,41,42,43)/t30-/m0/s1. The van der Waals surface area contributed by atoms with Crippen molar-refractivity contribution in [1.29, 1.82) is 0 Å². The first-order valence-electron chi connectivity index (χ1n) is 18.0. The topological polar surface area (TPSA) is 217 Å². The molecule has 1 saturated carbocycles. The summed E-state index contributed by atoms with van der Waals surface area (Å²) in [5.74, 6) is 5.68. The van der Waals surface area contributed by atoms with E-state index in [0.29, 0.717) is 49.7 Å². The Bertz CT molecular complexity index is 1460. The summed E-state index contributed by atoms with van der Waals surface area (Å²) in [6.07, 6.45) is 11.5. The van der Waals surface area contributed by atoms with Crippen LogP contribution in [0, 0.1) is 0 Å². The highest BCUT2D eigenvalue weighted by Gasteiger charge is 2.25. The van der Waals surface area contributed by atoms with E-state index in [2.05, 4.69) is 31.0 Å². The maximum Gasteiger partial charge on any atom is 0.320 e. The molecule has 4 rings (SSSR count). The number of aromatic nitrogens is 2. The molecule has 15 nitrogen and oxygen atoms in total. The van der Waals surface area contributed by atoms with Gasteiger partial charge < -0.3 is 42.4 Å². The van der Waals surface area contributed by atoms with Gasteiger partial charge in [-0.25, -0.2) is 4.98 Å². The zero-order valence-corrected chi connectivity index (χ0v) is 29.4. The number of piperidine rings is 1. The van der Waals surface area contributed by atoms with Crippen molar-refractivity contribution in [2.45, 2.75) is 95.7 Å². The predicted octanol–water partition coefficient (Wildman–Crippen LogP) is 2.57. The molecule has 1 aliphatic heterocycles. The number of carbonyl (C=O) groups is 3. The van der Waals surface area contributed by atoms with Crippen LogP contribution in [0.3, 0.4) is 0 Å². The molecule has 2 aliphatic rings. The molecule has 2 amide bonds. The summed E-state index contributed by atoms with van der Waals surface area (Å²) in [4.78, 5) is 53.3. The van der Waals surface area contributed by atoms with Gasteiger partial charge in [-0.05, 0) is 63.6 Å². The highest BCUT2D eigenvalue weighted by Crippen LogP contribution is 2.25. The monoisotopic (exact) mass is 693 g/mol. The number of carboxylic acids is 1. The number of nitrogens with two attached hydrogens (primary N) is 2. The van der Waals surface area contributed by atoms with Gasteiger partial charge >= 0.3 is 5.97 Å². The molecule has 0 unspecified atom stereocenters. The van der Waals surface area contributed by atoms with Crippen LogP contribution in [0.25, 0.3) is 10.9 Å². The number of nitrogens with zero attached hydrogens (tertiary/aromatic N) is 6. The number of anilines is 2. The Balaban J connectivity index is 1.22. The molecule has 1 aliphatic carbocycles. The lowest BCUT2D eigenvalue weighted by Crippen LogP contribution is -2.43. The number of carbonyl (C=O) groups excluding carboxylic acids is 2. The molecule has 15 heteroatoms. The van der Waals surface area contributed by atoms with Crippen LogP contribution in [-0.4, -0.2) is 119 Å². The summed E-state index contributed by atoms with van der Waals surface area (Å²) >= 11 is 0. The van der Waals surface area contributed by atoms with E-state index in [-0.39, 0.29) is 37.2 Å². The van der Waals surface area contributed by atoms with Gasteiger partial charge in [0.25, 0.3) is 0 Å². The minimum Gasteiger partial charge on any atom is -0.480 e. The number of likely N-dealkylation sites (tertiary alicyclic amines) is 1. The van der Waals surface area contributed by atoms with Crippen molar-refractivity contribution in [3.8, 4) is 0 Å². The number of nitrogens with one attached hydrogen (secondary N) is 3. The van der Waals surface area contributed by atoms with Gasteiger partial charge in [0.1, 0.15) is 11.9 Å². The number of hydrazone groups is 1. The third-order valence-corrected chi connectivity index (χ3v) is 9.42. The van der Waals surface area contributed by atoms with Crippen molar-refractivity contribution in [2.75, 3.05) is 56.4 Å². The highest BCUT2D eigenvalue weighted by molar-refractivity contribution is 6.32. The van der Waals surface area contributed by atoms with Crippen LogP contribution >= 0.6 is 0 Å². The molecule has 0 bridgehead atoms. The lowest BCUT2D eigenvalue weighted by atomic mass is 9.95. The molecule has 0 radical (unpaired) electrons. The number of benzene rings is 1. The van der Waals surface area contributed by atoms with Gasteiger partial charge in [0.05, 0.1) is 17.8 Å². The second-order valence-electron chi connectivity index (χ2n) is 13.2. The second-order valence-corrected chi connectivity index (χ2v) is 13.2. The van der Waals surface area contributed by atoms with E-state index in [1.165, 1.54) is 32.1 Å². The van der Waals surface area contributed by atoms with Crippen molar-refractivity contribution in [1.82, 2.24) is 25.1 Å². The first-order chi connectivity index (χ1) is 24.2. The quantitative estimate of drug-likeness (QED) is 0.0544. The fourth-order valence-corrected chi connectivity index (χ4v) is 6.42. The van der Waals surface area contributed by atoms with Crippen LogP contribution in [0.1, 0.15) is 77.6 Å². The van der Waals surface area contributed by atoms with Crippen molar-refractivity contribution >= 4 is 52.4 Å². The fourth-order valence-electron chi connectivity index (χ4n) is 6.42. The molecule has 1 aromatic heterocycles. The minimum absolute atomic E-state index is 0.0777. The summed E-state index contributed by atoms with van der Waals surface area (Å²) in [7, 11) is 0. The molecule has 1 saturated heterocycles. The number of carboxylic acid groups (broad SMARTS) is 1. The normalized spacial score (nSPS) is 16.8. The van der Waals surface area contributed by atoms with Gasteiger partial charge in [0.15, 0.2) is 0 Å². The lowest BCUT2D eigenvalue weighted by molar-refractivity contribution is -0.139. The van der Waals surface area contributed by atoms with E-state index < -0.39 is 12.0 Å². The summed E-state index contributed by atoms with van der Waals surface area (Å²) in [5, 5.41) is 24.2. The number of hydrogen-bond donors (Lipinski definition) is 6. The van der Waals surface area contributed by atoms with Gasteiger partial charge in [-0.1, -0.05) is 31.4 Å². The van der Waals surface area contributed by atoms with Crippen LogP contribution in [0.5, 0.6) is 0 Å². The number of aliphatic carboxylic acids is 1. The van der Waals surface area contributed by atoms with Crippen molar-refractivity contribution in [2.24, 2.45) is 21.7 Å². The van der Waals surface area contributed by atoms with Gasteiger partial charge in [-0.15, -0.1) is 0 Å². The van der Waals surface area contributed by atoms with Gasteiger partial charge in [-0.3, -0.25) is 19.4 Å². The zero-order valence-electron chi connectivity index (χ0n) is 29.4. The van der Waals surface area contributed by atoms with Crippen molar-refractivity contribution in [3.05, 3.63) is 24.3 Å². The number of aliphatic imine (C=N–C) groups is 1. The fraction of sp³-hybridized carbons (Fsp3) is 0.629. The zero-order chi connectivity index (χ0) is 35.7. The molecule has 2 fully saturated rings. The molecule has 0 spiro atoms. The number of fused-ring (bicyclic) bond motifs is 1. The second kappa shape index (κ2) is 20.3. The average molecular weight is 694 g/mol. The van der Waals surface area contributed by atoms with Crippen LogP contribution in [0.4, 0.5) is 11.8 Å². The number of hydrogen-bond acceptors (Lipinski definition) is 12. The van der Waals surface area contributed by atoms with Gasteiger partial charge in [0, 0.05) is 69.8 Å². The third-order valence-electron chi connectivity index (χ3n) is 9.42. The molecule has 1 atom stereocenters. The highest BCUT2D eigenvalue weighted by atomic mass is 16.4.